The second kappa shape index (κ2) is 6.66. The molecule has 5 heteroatoms. The lowest BCUT2D eigenvalue weighted by atomic mass is 10.1. The van der Waals surface area contributed by atoms with E-state index >= 15 is 0 Å². The van der Waals surface area contributed by atoms with Crippen molar-refractivity contribution in [2.45, 2.75) is 18.4 Å². The summed E-state index contributed by atoms with van der Waals surface area (Å²) in [6.45, 7) is 2.56. The highest BCUT2D eigenvalue weighted by atomic mass is 32.2. The van der Waals surface area contributed by atoms with Gasteiger partial charge in [-0.2, -0.15) is 4.98 Å². The highest BCUT2D eigenvalue weighted by Gasteiger charge is 2.09. The maximum Gasteiger partial charge on any atom is 0.246 e. The number of nitrogens with zero attached hydrogens (tertiary/aromatic N) is 2. The number of hydrogen-bond acceptors (Lipinski definition) is 5. The van der Waals surface area contributed by atoms with E-state index in [-0.39, 0.29) is 0 Å². The molecule has 0 amide bonds. The molecule has 3 aromatic rings. The molecule has 4 nitrogen and oxygen atoms in total. The van der Waals surface area contributed by atoms with Crippen LogP contribution in [0.3, 0.4) is 0 Å². The molecule has 112 valence electrons. The fourth-order valence-electron chi connectivity index (χ4n) is 2.19. The van der Waals surface area contributed by atoms with Crippen LogP contribution in [0.25, 0.3) is 11.4 Å². The van der Waals surface area contributed by atoms with Gasteiger partial charge in [-0.15, -0.1) is 11.8 Å². The third kappa shape index (κ3) is 3.31. The minimum Gasteiger partial charge on any atom is -0.375 e. The molecule has 0 saturated carbocycles. The van der Waals surface area contributed by atoms with E-state index in [0.29, 0.717) is 18.3 Å². The standard InChI is InChI=1S/C17H17N3OS/c1-12-6-5-7-13(10-12)17-19-16(21-20-17)11-18-14-8-3-4-9-15(14)22-2/h3-10,18H,11H2,1-2H3. The number of benzene rings is 2. The van der Waals surface area contributed by atoms with Crippen molar-refractivity contribution in [3.05, 3.63) is 60.0 Å². The number of anilines is 1. The van der Waals surface area contributed by atoms with Crippen LogP contribution in [0.5, 0.6) is 0 Å². The van der Waals surface area contributed by atoms with Crippen LogP contribution in [0.2, 0.25) is 0 Å². The summed E-state index contributed by atoms with van der Waals surface area (Å²) >= 11 is 1.71. The molecule has 0 fully saturated rings. The van der Waals surface area contributed by atoms with Crippen LogP contribution in [0, 0.1) is 6.92 Å². The van der Waals surface area contributed by atoms with Crippen LogP contribution in [-0.2, 0) is 6.54 Å². The number of thioether (sulfide) groups is 1. The summed E-state index contributed by atoms with van der Waals surface area (Å²) in [5, 5.41) is 7.39. The van der Waals surface area contributed by atoms with Crippen molar-refractivity contribution in [1.29, 1.82) is 0 Å². The predicted octanol–water partition coefficient (Wildman–Crippen LogP) is 4.38. The molecule has 1 heterocycles. The zero-order valence-corrected chi connectivity index (χ0v) is 13.4. The predicted molar refractivity (Wildman–Crippen MR) is 90.0 cm³/mol. The Hall–Kier alpha value is -2.27. The largest absolute Gasteiger partial charge is 0.375 e. The topological polar surface area (TPSA) is 51.0 Å². The molecule has 0 aliphatic heterocycles. The van der Waals surface area contributed by atoms with E-state index < -0.39 is 0 Å². The molecule has 0 bridgehead atoms. The van der Waals surface area contributed by atoms with Crippen LogP contribution < -0.4 is 5.32 Å². The smallest absolute Gasteiger partial charge is 0.246 e. The molecule has 3 rings (SSSR count). The highest BCUT2D eigenvalue weighted by molar-refractivity contribution is 7.98. The van der Waals surface area contributed by atoms with Crippen molar-refractivity contribution in [1.82, 2.24) is 10.1 Å². The SMILES string of the molecule is CSc1ccccc1NCc1nc(-c2cccc(C)c2)no1. The highest BCUT2D eigenvalue weighted by Crippen LogP contribution is 2.25. The van der Waals surface area contributed by atoms with E-state index in [1.807, 2.05) is 49.4 Å². The monoisotopic (exact) mass is 311 g/mol. The van der Waals surface area contributed by atoms with Gasteiger partial charge >= 0.3 is 0 Å². The molecule has 0 aliphatic rings. The van der Waals surface area contributed by atoms with Gasteiger partial charge in [-0.05, 0) is 31.4 Å². The lowest BCUT2D eigenvalue weighted by molar-refractivity contribution is 0.384. The second-order valence-corrected chi connectivity index (χ2v) is 5.78. The van der Waals surface area contributed by atoms with E-state index in [4.69, 9.17) is 4.52 Å². The molecule has 2 aromatic carbocycles. The number of rotatable bonds is 5. The molecule has 1 aromatic heterocycles. The van der Waals surface area contributed by atoms with E-state index in [9.17, 15) is 0 Å². The molecular weight excluding hydrogens is 294 g/mol. The first-order valence-corrected chi connectivity index (χ1v) is 8.25. The lowest BCUT2D eigenvalue weighted by Gasteiger charge is -2.07. The van der Waals surface area contributed by atoms with Crippen molar-refractivity contribution in [3.63, 3.8) is 0 Å². The number of aryl methyl sites for hydroxylation is 1. The normalized spacial score (nSPS) is 10.6. The van der Waals surface area contributed by atoms with Gasteiger partial charge in [0.05, 0.1) is 6.54 Å². The molecule has 0 aliphatic carbocycles. The molecule has 22 heavy (non-hydrogen) atoms. The summed E-state index contributed by atoms with van der Waals surface area (Å²) in [5.41, 5.74) is 3.22. The Morgan fingerprint density at radius 1 is 1.14 bits per heavy atom. The van der Waals surface area contributed by atoms with Gasteiger partial charge in [-0.25, -0.2) is 0 Å². The van der Waals surface area contributed by atoms with E-state index in [0.717, 1.165) is 11.3 Å². The van der Waals surface area contributed by atoms with Gasteiger partial charge in [0.15, 0.2) is 0 Å². The van der Waals surface area contributed by atoms with Gasteiger partial charge in [-0.3, -0.25) is 0 Å². The Morgan fingerprint density at radius 3 is 2.82 bits per heavy atom. The van der Waals surface area contributed by atoms with Crippen molar-refractivity contribution < 1.29 is 4.52 Å². The van der Waals surface area contributed by atoms with Gasteiger partial charge in [-0.1, -0.05) is 41.1 Å². The van der Waals surface area contributed by atoms with Crippen LogP contribution in [0.4, 0.5) is 5.69 Å². The van der Waals surface area contributed by atoms with Gasteiger partial charge in [0.2, 0.25) is 11.7 Å². The Morgan fingerprint density at radius 2 is 2.00 bits per heavy atom. The van der Waals surface area contributed by atoms with E-state index in [1.165, 1.54) is 10.5 Å². The zero-order valence-electron chi connectivity index (χ0n) is 12.5. The Kier molecular flexibility index (Phi) is 4.44. The lowest BCUT2D eigenvalue weighted by Crippen LogP contribution is -2.00. The summed E-state index contributed by atoms with van der Waals surface area (Å²) in [6.07, 6.45) is 2.06. The Bertz CT molecular complexity index is 770. The van der Waals surface area contributed by atoms with Gasteiger partial charge in [0.25, 0.3) is 0 Å². The molecule has 0 spiro atoms. The fraction of sp³-hybridized carbons (Fsp3) is 0.176. The summed E-state index contributed by atoms with van der Waals surface area (Å²) < 4.78 is 5.32. The van der Waals surface area contributed by atoms with Crippen molar-refractivity contribution >= 4 is 17.4 Å². The van der Waals surface area contributed by atoms with Gasteiger partial charge < -0.3 is 9.84 Å². The van der Waals surface area contributed by atoms with Crippen molar-refractivity contribution in [2.75, 3.05) is 11.6 Å². The number of hydrogen-bond donors (Lipinski definition) is 1. The second-order valence-electron chi connectivity index (χ2n) is 4.94. The number of nitrogens with one attached hydrogen (secondary N) is 1. The Balaban J connectivity index is 1.72. The van der Waals surface area contributed by atoms with E-state index in [2.05, 4.69) is 27.8 Å². The van der Waals surface area contributed by atoms with Gasteiger partial charge in [0.1, 0.15) is 0 Å². The quantitative estimate of drug-likeness (QED) is 0.709. The molecule has 0 saturated heterocycles. The molecular formula is C17H17N3OS. The van der Waals surface area contributed by atoms with Gasteiger partial charge in [0, 0.05) is 16.1 Å². The third-order valence-corrected chi connectivity index (χ3v) is 4.08. The fourth-order valence-corrected chi connectivity index (χ4v) is 2.76. The van der Waals surface area contributed by atoms with E-state index in [1.54, 1.807) is 11.8 Å². The summed E-state index contributed by atoms with van der Waals surface area (Å²) in [7, 11) is 0. The average molecular weight is 311 g/mol. The first kappa shape index (κ1) is 14.7. The molecule has 0 unspecified atom stereocenters. The number of para-hydroxylation sites is 1. The van der Waals surface area contributed by atoms with Crippen LogP contribution in [-0.4, -0.2) is 16.4 Å². The summed E-state index contributed by atoms with van der Waals surface area (Å²) in [5.74, 6) is 1.20. The maximum absolute atomic E-state index is 5.32. The van der Waals surface area contributed by atoms with Crippen molar-refractivity contribution in [3.8, 4) is 11.4 Å². The van der Waals surface area contributed by atoms with Crippen molar-refractivity contribution in [2.24, 2.45) is 0 Å². The first-order chi connectivity index (χ1) is 10.8. The average Bonchev–Trinajstić information content (AvgIpc) is 3.02. The zero-order chi connectivity index (χ0) is 15.4. The first-order valence-electron chi connectivity index (χ1n) is 7.03. The van der Waals surface area contributed by atoms with Crippen LogP contribution in [0.15, 0.2) is 57.9 Å². The summed E-state index contributed by atoms with van der Waals surface area (Å²) in [6, 6.07) is 16.2. The summed E-state index contributed by atoms with van der Waals surface area (Å²) in [4.78, 5) is 5.64. The van der Waals surface area contributed by atoms with Crippen LogP contribution in [0.1, 0.15) is 11.5 Å². The van der Waals surface area contributed by atoms with Crippen LogP contribution >= 0.6 is 11.8 Å². The molecule has 1 N–H and O–H groups in total. The third-order valence-electron chi connectivity index (χ3n) is 3.28. The Labute approximate surface area is 133 Å². The minimum absolute atomic E-state index is 0.510. The molecule has 0 radical (unpaired) electrons. The minimum atomic E-state index is 0.510. The molecule has 0 atom stereocenters. The maximum atomic E-state index is 5.32. The number of aromatic nitrogens is 2.